The van der Waals surface area contributed by atoms with Crippen LogP contribution >= 0.6 is 0 Å². The van der Waals surface area contributed by atoms with E-state index < -0.39 is 5.54 Å². The summed E-state index contributed by atoms with van der Waals surface area (Å²) in [5.41, 5.74) is -0.147. The highest BCUT2D eigenvalue weighted by Crippen LogP contribution is 2.33. The fourth-order valence-electron chi connectivity index (χ4n) is 3.28. The number of likely N-dealkylation sites (N-methyl/N-ethyl adjacent to an activating group) is 1. The summed E-state index contributed by atoms with van der Waals surface area (Å²) in [6.45, 7) is 15.2. The summed E-state index contributed by atoms with van der Waals surface area (Å²) in [5, 5.41) is 3.28. The molecule has 1 rings (SSSR count). The molecule has 0 saturated carbocycles. The van der Waals surface area contributed by atoms with Crippen molar-refractivity contribution in [2.45, 2.75) is 59.4 Å². The minimum atomic E-state index is -0.549. The number of nitrogens with one attached hydrogen (secondary N) is 1. The van der Waals surface area contributed by atoms with Crippen molar-refractivity contribution in [3.63, 3.8) is 0 Å². The zero-order valence-corrected chi connectivity index (χ0v) is 14.8. The molecule has 0 aromatic rings. The van der Waals surface area contributed by atoms with Crippen LogP contribution in [0.4, 0.5) is 0 Å². The van der Waals surface area contributed by atoms with Gasteiger partial charge < -0.3 is 15.0 Å². The number of hydrogen-bond acceptors (Lipinski definition) is 4. The van der Waals surface area contributed by atoms with Crippen molar-refractivity contribution in [2.24, 2.45) is 11.3 Å². The number of hydrogen-bond donors (Lipinski definition) is 1. The van der Waals surface area contributed by atoms with Crippen molar-refractivity contribution in [3.05, 3.63) is 0 Å². The molecule has 1 aliphatic rings. The average molecular weight is 298 g/mol. The second kappa shape index (κ2) is 7.59. The number of carbonyl (C=O) groups excluding carboxylic acids is 1. The van der Waals surface area contributed by atoms with Crippen LogP contribution < -0.4 is 5.32 Å². The molecule has 0 bridgehead atoms. The van der Waals surface area contributed by atoms with E-state index in [0.29, 0.717) is 5.41 Å². The van der Waals surface area contributed by atoms with Gasteiger partial charge in [0, 0.05) is 6.54 Å². The Balaban J connectivity index is 2.40. The molecule has 2 unspecified atom stereocenters. The molecule has 0 aromatic carbocycles. The van der Waals surface area contributed by atoms with E-state index in [4.69, 9.17) is 4.74 Å². The first-order chi connectivity index (χ1) is 9.73. The third kappa shape index (κ3) is 5.26. The molecule has 4 nitrogen and oxygen atoms in total. The molecule has 0 amide bonds. The van der Waals surface area contributed by atoms with Crippen LogP contribution in [0.25, 0.3) is 0 Å². The molecule has 4 heteroatoms. The Morgan fingerprint density at radius 1 is 1.33 bits per heavy atom. The Labute approximate surface area is 130 Å². The molecule has 2 atom stereocenters. The number of ether oxygens (including phenoxy) is 1. The fourth-order valence-corrected chi connectivity index (χ4v) is 3.28. The molecule has 1 fully saturated rings. The molecule has 1 heterocycles. The van der Waals surface area contributed by atoms with Crippen molar-refractivity contribution >= 4 is 5.97 Å². The quantitative estimate of drug-likeness (QED) is 0.734. The van der Waals surface area contributed by atoms with Gasteiger partial charge in [-0.05, 0) is 57.2 Å². The number of methoxy groups -OCH3 is 1. The zero-order valence-electron chi connectivity index (χ0n) is 14.8. The summed E-state index contributed by atoms with van der Waals surface area (Å²) >= 11 is 0. The van der Waals surface area contributed by atoms with Crippen molar-refractivity contribution in [1.29, 1.82) is 0 Å². The Kier molecular flexibility index (Phi) is 6.67. The van der Waals surface area contributed by atoms with E-state index in [1.165, 1.54) is 26.6 Å². The van der Waals surface area contributed by atoms with E-state index in [0.717, 1.165) is 31.8 Å². The standard InChI is InChI=1S/C17H34N2O2/c1-7-18-17(5,15(20)21-6)10-8-11-19-12-9-14(13-19)16(2,3)4/h14,18H,7-13H2,1-6H3. The van der Waals surface area contributed by atoms with E-state index in [1.54, 1.807) is 0 Å². The molecule has 21 heavy (non-hydrogen) atoms. The van der Waals surface area contributed by atoms with Crippen LogP contribution in [0.5, 0.6) is 0 Å². The van der Waals surface area contributed by atoms with E-state index in [1.807, 2.05) is 13.8 Å². The number of likely N-dealkylation sites (tertiary alicyclic amines) is 1. The van der Waals surface area contributed by atoms with Crippen molar-refractivity contribution < 1.29 is 9.53 Å². The maximum Gasteiger partial charge on any atom is 0.325 e. The Morgan fingerprint density at radius 2 is 2.00 bits per heavy atom. The van der Waals surface area contributed by atoms with Crippen LogP contribution in [-0.2, 0) is 9.53 Å². The van der Waals surface area contributed by atoms with Crippen molar-refractivity contribution in [1.82, 2.24) is 10.2 Å². The maximum absolute atomic E-state index is 11.9. The highest BCUT2D eigenvalue weighted by molar-refractivity contribution is 5.80. The molecule has 0 aromatic heterocycles. The normalized spacial score (nSPS) is 23.0. The summed E-state index contributed by atoms with van der Waals surface area (Å²) in [5.74, 6) is 0.636. The summed E-state index contributed by atoms with van der Waals surface area (Å²) in [6.07, 6.45) is 3.14. The smallest absolute Gasteiger partial charge is 0.325 e. The topological polar surface area (TPSA) is 41.6 Å². The van der Waals surface area contributed by atoms with Crippen LogP contribution in [0, 0.1) is 11.3 Å². The van der Waals surface area contributed by atoms with Crippen LogP contribution in [-0.4, -0.2) is 49.7 Å². The molecule has 0 radical (unpaired) electrons. The predicted octanol–water partition coefficient (Wildman–Crippen LogP) is 2.68. The monoisotopic (exact) mass is 298 g/mol. The molecule has 0 aliphatic carbocycles. The van der Waals surface area contributed by atoms with Gasteiger partial charge in [-0.3, -0.25) is 4.79 Å². The number of rotatable bonds is 7. The molecule has 1 saturated heterocycles. The first kappa shape index (κ1) is 18.4. The Bertz CT molecular complexity index is 338. The largest absolute Gasteiger partial charge is 0.468 e. The van der Waals surface area contributed by atoms with Crippen molar-refractivity contribution in [2.75, 3.05) is 33.3 Å². The third-order valence-corrected chi connectivity index (χ3v) is 4.85. The zero-order chi connectivity index (χ0) is 16.1. The minimum absolute atomic E-state index is 0.154. The summed E-state index contributed by atoms with van der Waals surface area (Å²) in [4.78, 5) is 14.5. The number of esters is 1. The highest BCUT2D eigenvalue weighted by atomic mass is 16.5. The number of nitrogens with zero attached hydrogens (tertiary/aromatic N) is 1. The number of carbonyl (C=O) groups is 1. The lowest BCUT2D eigenvalue weighted by Crippen LogP contribution is -2.50. The second-order valence-electron chi connectivity index (χ2n) is 7.61. The average Bonchev–Trinajstić information content (AvgIpc) is 2.86. The summed E-state index contributed by atoms with van der Waals surface area (Å²) in [6, 6.07) is 0. The lowest BCUT2D eigenvalue weighted by molar-refractivity contribution is -0.148. The molecule has 124 valence electrons. The van der Waals surface area contributed by atoms with Gasteiger partial charge in [-0.1, -0.05) is 27.7 Å². The van der Waals surface area contributed by atoms with Gasteiger partial charge >= 0.3 is 5.97 Å². The van der Waals surface area contributed by atoms with E-state index in [-0.39, 0.29) is 5.97 Å². The Morgan fingerprint density at radius 3 is 2.48 bits per heavy atom. The molecule has 1 N–H and O–H groups in total. The molecular weight excluding hydrogens is 264 g/mol. The first-order valence-electron chi connectivity index (χ1n) is 8.28. The van der Waals surface area contributed by atoms with E-state index in [2.05, 4.69) is 31.0 Å². The van der Waals surface area contributed by atoms with Gasteiger partial charge in [0.25, 0.3) is 0 Å². The van der Waals surface area contributed by atoms with Crippen LogP contribution in [0.2, 0.25) is 0 Å². The lowest BCUT2D eigenvalue weighted by atomic mass is 9.80. The van der Waals surface area contributed by atoms with Gasteiger partial charge in [0.05, 0.1) is 7.11 Å². The summed E-state index contributed by atoms with van der Waals surface area (Å²) < 4.78 is 4.94. The molecule has 0 spiro atoms. The third-order valence-electron chi connectivity index (χ3n) is 4.85. The second-order valence-corrected chi connectivity index (χ2v) is 7.61. The van der Waals surface area contributed by atoms with Crippen LogP contribution in [0.3, 0.4) is 0 Å². The van der Waals surface area contributed by atoms with Gasteiger partial charge in [0.1, 0.15) is 5.54 Å². The van der Waals surface area contributed by atoms with E-state index >= 15 is 0 Å². The predicted molar refractivity (Wildman–Crippen MR) is 87.3 cm³/mol. The van der Waals surface area contributed by atoms with Crippen LogP contribution in [0.1, 0.15) is 53.9 Å². The SMILES string of the molecule is CCNC(C)(CCCN1CCC(C(C)(C)C)C1)C(=O)OC. The van der Waals surface area contributed by atoms with Crippen LogP contribution in [0.15, 0.2) is 0 Å². The fraction of sp³-hybridized carbons (Fsp3) is 0.941. The molecule has 1 aliphatic heterocycles. The maximum atomic E-state index is 11.9. The van der Waals surface area contributed by atoms with Crippen molar-refractivity contribution in [3.8, 4) is 0 Å². The lowest BCUT2D eigenvalue weighted by Gasteiger charge is -2.29. The van der Waals surface area contributed by atoms with Gasteiger partial charge in [0.2, 0.25) is 0 Å². The van der Waals surface area contributed by atoms with Gasteiger partial charge in [-0.15, -0.1) is 0 Å². The van der Waals surface area contributed by atoms with Gasteiger partial charge in [0.15, 0.2) is 0 Å². The summed E-state index contributed by atoms with van der Waals surface area (Å²) in [7, 11) is 1.46. The first-order valence-corrected chi connectivity index (χ1v) is 8.28. The minimum Gasteiger partial charge on any atom is -0.468 e. The Hall–Kier alpha value is -0.610. The highest BCUT2D eigenvalue weighted by Gasteiger charge is 2.34. The molecular formula is C17H34N2O2. The van der Waals surface area contributed by atoms with E-state index in [9.17, 15) is 4.79 Å². The van der Waals surface area contributed by atoms with Gasteiger partial charge in [-0.2, -0.15) is 0 Å². The van der Waals surface area contributed by atoms with Gasteiger partial charge in [-0.25, -0.2) is 0 Å².